The molecule has 9 nitrogen and oxygen atoms in total. The fraction of sp³-hybridized carbons (Fsp3) is 0.258. The van der Waals surface area contributed by atoms with E-state index in [0.717, 1.165) is 11.8 Å². The highest BCUT2D eigenvalue weighted by molar-refractivity contribution is 6.31. The first kappa shape index (κ1) is 30.4. The first-order valence-corrected chi connectivity index (χ1v) is 13.8. The van der Waals surface area contributed by atoms with E-state index in [0.29, 0.717) is 41.8 Å². The molecule has 0 spiro atoms. The van der Waals surface area contributed by atoms with Gasteiger partial charge in [-0.15, -0.1) is 0 Å². The van der Waals surface area contributed by atoms with Crippen LogP contribution in [0.1, 0.15) is 54.7 Å². The minimum Gasteiger partial charge on any atom is -0.356 e. The lowest BCUT2D eigenvalue weighted by atomic mass is 9.97. The molecule has 1 aliphatic rings. The van der Waals surface area contributed by atoms with Crippen molar-refractivity contribution < 1.29 is 18.8 Å². The van der Waals surface area contributed by atoms with Crippen molar-refractivity contribution in [2.75, 3.05) is 24.7 Å². The molecule has 1 aromatic heterocycles. The molecule has 1 unspecified atom stereocenters. The van der Waals surface area contributed by atoms with Crippen LogP contribution < -0.4 is 16.0 Å². The molecule has 0 fully saturated rings. The molecule has 3 amide bonds. The SMILES string of the molecule is C/C(Nc1cccc(Cl)c1F)=C(/C=N)C(=O)NC1CCCCC(=O)Nc2cc(C(=O)N(C)C)ccc2-c2ccnc1c2. The van der Waals surface area contributed by atoms with Crippen LogP contribution in [0, 0.1) is 11.2 Å². The maximum absolute atomic E-state index is 14.4. The highest BCUT2D eigenvalue weighted by Crippen LogP contribution is 2.32. The fourth-order valence-electron chi connectivity index (χ4n) is 4.69. The largest absolute Gasteiger partial charge is 0.356 e. The number of fused-ring (bicyclic) bond motifs is 4. The van der Waals surface area contributed by atoms with E-state index in [-0.39, 0.29) is 40.2 Å². The van der Waals surface area contributed by atoms with Gasteiger partial charge in [0.1, 0.15) is 0 Å². The third kappa shape index (κ3) is 7.01. The maximum atomic E-state index is 14.4. The van der Waals surface area contributed by atoms with Crippen LogP contribution in [0.5, 0.6) is 0 Å². The molecule has 4 N–H and O–H groups in total. The number of amides is 3. The van der Waals surface area contributed by atoms with Gasteiger partial charge in [-0.2, -0.15) is 0 Å². The molecule has 0 aliphatic carbocycles. The van der Waals surface area contributed by atoms with Gasteiger partial charge in [0.2, 0.25) is 5.91 Å². The summed E-state index contributed by atoms with van der Waals surface area (Å²) in [6, 6.07) is 12.7. The second kappa shape index (κ2) is 13.4. The molecule has 2 bridgehead atoms. The third-order valence-corrected chi connectivity index (χ3v) is 7.21. The van der Waals surface area contributed by atoms with E-state index in [9.17, 15) is 18.8 Å². The van der Waals surface area contributed by atoms with Gasteiger partial charge >= 0.3 is 0 Å². The van der Waals surface area contributed by atoms with Crippen LogP contribution in [0.4, 0.5) is 15.8 Å². The van der Waals surface area contributed by atoms with Crippen molar-refractivity contribution in [3.63, 3.8) is 0 Å². The van der Waals surface area contributed by atoms with Crippen LogP contribution in [0.2, 0.25) is 5.02 Å². The summed E-state index contributed by atoms with van der Waals surface area (Å²) in [6.07, 6.45) is 4.47. The number of aromatic nitrogens is 1. The number of hydrogen-bond donors (Lipinski definition) is 4. The molecule has 11 heteroatoms. The Morgan fingerprint density at radius 1 is 1.17 bits per heavy atom. The van der Waals surface area contributed by atoms with Crippen molar-refractivity contribution in [3.8, 4) is 11.1 Å². The summed E-state index contributed by atoms with van der Waals surface area (Å²) in [7, 11) is 3.33. The van der Waals surface area contributed by atoms with Crippen molar-refractivity contribution in [1.29, 1.82) is 5.41 Å². The second-order valence-corrected chi connectivity index (χ2v) is 10.6. The summed E-state index contributed by atoms with van der Waals surface area (Å²) in [5.41, 5.74) is 3.37. The Labute approximate surface area is 248 Å². The van der Waals surface area contributed by atoms with E-state index >= 15 is 0 Å². The van der Waals surface area contributed by atoms with Crippen molar-refractivity contribution in [2.45, 2.75) is 38.6 Å². The fourth-order valence-corrected chi connectivity index (χ4v) is 4.86. The molecule has 0 saturated carbocycles. The highest BCUT2D eigenvalue weighted by Gasteiger charge is 2.22. The Balaban J connectivity index is 1.67. The van der Waals surface area contributed by atoms with Gasteiger partial charge < -0.3 is 26.3 Å². The molecule has 2 heterocycles. The lowest BCUT2D eigenvalue weighted by Crippen LogP contribution is -2.32. The number of rotatable bonds is 6. The van der Waals surface area contributed by atoms with E-state index in [1.165, 1.54) is 17.0 Å². The number of pyridine rings is 1. The van der Waals surface area contributed by atoms with Crippen molar-refractivity contribution in [2.24, 2.45) is 0 Å². The first-order chi connectivity index (χ1) is 20.1. The lowest BCUT2D eigenvalue weighted by Gasteiger charge is -2.22. The number of carbonyl (C=O) groups is 3. The molecule has 42 heavy (non-hydrogen) atoms. The first-order valence-electron chi connectivity index (χ1n) is 13.4. The van der Waals surface area contributed by atoms with E-state index in [1.54, 1.807) is 57.5 Å². The number of allylic oxidation sites excluding steroid dienone is 1. The maximum Gasteiger partial charge on any atom is 0.255 e. The topological polar surface area (TPSA) is 127 Å². The number of nitrogens with zero attached hydrogens (tertiary/aromatic N) is 2. The molecular formula is C31H32ClFN6O3. The molecule has 1 aliphatic heterocycles. The Morgan fingerprint density at radius 3 is 2.69 bits per heavy atom. The molecule has 2 aromatic carbocycles. The molecule has 0 saturated heterocycles. The Kier molecular flexibility index (Phi) is 9.69. The van der Waals surface area contributed by atoms with E-state index in [2.05, 4.69) is 20.9 Å². The molecular weight excluding hydrogens is 559 g/mol. The third-order valence-electron chi connectivity index (χ3n) is 6.91. The average molecular weight is 591 g/mol. The number of benzene rings is 2. The van der Waals surface area contributed by atoms with Gasteiger partial charge in [0.15, 0.2) is 5.82 Å². The van der Waals surface area contributed by atoms with Gasteiger partial charge in [0.25, 0.3) is 11.8 Å². The zero-order valence-electron chi connectivity index (χ0n) is 23.6. The van der Waals surface area contributed by atoms with Crippen LogP contribution >= 0.6 is 11.6 Å². The number of carbonyl (C=O) groups excluding carboxylic acids is 3. The average Bonchev–Trinajstić information content (AvgIpc) is 2.96. The summed E-state index contributed by atoms with van der Waals surface area (Å²) in [5.74, 6) is -1.56. The summed E-state index contributed by atoms with van der Waals surface area (Å²) >= 11 is 5.88. The van der Waals surface area contributed by atoms with E-state index in [4.69, 9.17) is 17.0 Å². The second-order valence-electron chi connectivity index (χ2n) is 10.2. The molecule has 0 radical (unpaired) electrons. The van der Waals surface area contributed by atoms with Gasteiger partial charge in [-0.25, -0.2) is 4.39 Å². The van der Waals surface area contributed by atoms with E-state index < -0.39 is 17.8 Å². The van der Waals surface area contributed by atoms with Crippen LogP contribution in [0.3, 0.4) is 0 Å². The van der Waals surface area contributed by atoms with Gasteiger partial charge in [-0.3, -0.25) is 19.4 Å². The van der Waals surface area contributed by atoms with Gasteiger partial charge in [0, 0.05) is 55.4 Å². The summed E-state index contributed by atoms with van der Waals surface area (Å²) in [4.78, 5) is 44.8. The number of anilines is 2. The van der Waals surface area contributed by atoms with Crippen LogP contribution in [0.25, 0.3) is 11.1 Å². The summed E-state index contributed by atoms with van der Waals surface area (Å²) in [5, 5.41) is 16.6. The number of halogens is 2. The number of hydrogen-bond acceptors (Lipinski definition) is 6. The van der Waals surface area contributed by atoms with Crippen LogP contribution in [0.15, 0.2) is 66.0 Å². The molecule has 218 valence electrons. The van der Waals surface area contributed by atoms with Gasteiger partial charge in [0.05, 0.1) is 28.0 Å². The van der Waals surface area contributed by atoms with Crippen molar-refractivity contribution in [3.05, 3.63) is 88.1 Å². The predicted molar refractivity (Wildman–Crippen MR) is 162 cm³/mol. The smallest absolute Gasteiger partial charge is 0.255 e. The summed E-state index contributed by atoms with van der Waals surface area (Å²) < 4.78 is 14.4. The minimum atomic E-state index is -0.661. The Bertz CT molecular complexity index is 1570. The Morgan fingerprint density at radius 2 is 1.95 bits per heavy atom. The zero-order valence-corrected chi connectivity index (χ0v) is 24.3. The van der Waals surface area contributed by atoms with Crippen molar-refractivity contribution >= 4 is 46.9 Å². The van der Waals surface area contributed by atoms with Crippen LogP contribution in [-0.4, -0.2) is 47.9 Å². The lowest BCUT2D eigenvalue weighted by molar-refractivity contribution is -0.118. The van der Waals surface area contributed by atoms with Gasteiger partial charge in [-0.1, -0.05) is 30.2 Å². The van der Waals surface area contributed by atoms with Crippen molar-refractivity contribution in [1.82, 2.24) is 15.2 Å². The highest BCUT2D eigenvalue weighted by atomic mass is 35.5. The minimum absolute atomic E-state index is 0.0134. The monoisotopic (exact) mass is 590 g/mol. The molecule has 4 rings (SSSR count). The quantitative estimate of drug-likeness (QED) is 0.208. The number of nitrogens with one attached hydrogen (secondary N) is 4. The van der Waals surface area contributed by atoms with Crippen LogP contribution in [-0.2, 0) is 9.59 Å². The molecule has 3 aromatic rings. The van der Waals surface area contributed by atoms with Gasteiger partial charge in [-0.05, 0) is 61.7 Å². The Hall–Kier alpha value is -4.57. The summed E-state index contributed by atoms with van der Waals surface area (Å²) in [6.45, 7) is 1.57. The zero-order chi connectivity index (χ0) is 30.4. The van der Waals surface area contributed by atoms with E-state index in [1.807, 2.05) is 6.07 Å². The standard InChI is InChI=1S/C31H32ClFN6O3/c1-18(36-25-9-6-7-23(32)29(25)33)22(17-34)30(41)38-24-8-4-5-10-28(40)37-26-16-20(31(42)39(2)3)11-12-21(26)19-13-14-35-27(24)15-19/h6-7,9,11-17,24,34,36H,4-5,8,10H2,1-3H3,(H,37,40)(H,38,41)/b22-18+,34-17?. The molecule has 1 atom stereocenters. The normalized spacial score (nSPS) is 15.5. The predicted octanol–water partition coefficient (Wildman–Crippen LogP) is 5.95.